The molecule has 2 rings (SSSR count). The van der Waals surface area contributed by atoms with Crippen molar-refractivity contribution >= 4 is 22.7 Å². The van der Waals surface area contributed by atoms with Crippen LogP contribution in [0.5, 0.6) is 0 Å². The summed E-state index contributed by atoms with van der Waals surface area (Å²) in [6, 6.07) is -1.53. The summed E-state index contributed by atoms with van der Waals surface area (Å²) in [5.74, 6) is -2.05. The van der Waals surface area contributed by atoms with E-state index >= 15 is 0 Å². The third kappa shape index (κ3) is 1.50. The van der Waals surface area contributed by atoms with Gasteiger partial charge in [0.2, 0.25) is 0 Å². The van der Waals surface area contributed by atoms with Crippen LogP contribution in [0.2, 0.25) is 0 Å². The molecule has 0 spiro atoms. The zero-order valence-electron chi connectivity index (χ0n) is 11.8. The molecular formula is C11H9NO3. The van der Waals surface area contributed by atoms with Crippen LogP contribution in [-0.4, -0.2) is 23.8 Å². The lowest BCUT2D eigenvalue weighted by atomic mass is 10.1. The maximum absolute atomic E-state index is 11.8. The third-order valence-corrected chi connectivity index (χ3v) is 1.93. The Balaban J connectivity index is 2.80. The molecule has 1 heterocycles. The molecule has 76 valence electrons. The Morgan fingerprint density at radius 2 is 2.13 bits per heavy atom. The number of aromatic nitrogens is 1. The fraction of sp³-hybridized carbons (Fsp3) is 0.0909. The molecule has 0 aliphatic rings. The van der Waals surface area contributed by atoms with Crippen LogP contribution in [-0.2, 0) is 9.53 Å². The number of fused-ring (bicyclic) bond motifs is 1. The van der Waals surface area contributed by atoms with Crippen LogP contribution in [0, 0.1) is 0 Å². The van der Waals surface area contributed by atoms with Crippen LogP contribution >= 0.6 is 0 Å². The number of para-hydroxylation sites is 1. The lowest BCUT2D eigenvalue weighted by molar-refractivity contribution is -0.135. The molecule has 1 aromatic carbocycles. The molecule has 0 bridgehead atoms. The number of hydrogen-bond acceptors (Lipinski definition) is 3. The van der Waals surface area contributed by atoms with E-state index in [2.05, 4.69) is 9.72 Å². The van der Waals surface area contributed by atoms with Crippen LogP contribution in [0.15, 0.2) is 30.4 Å². The number of methoxy groups -OCH3 is 1. The Labute approximate surface area is 91.5 Å². The van der Waals surface area contributed by atoms with Crippen molar-refractivity contribution in [2.45, 2.75) is 0 Å². The second-order valence-electron chi connectivity index (χ2n) is 2.77. The number of aromatic amines is 1. The number of benzene rings is 1. The topological polar surface area (TPSA) is 59.2 Å². The fourth-order valence-electron chi connectivity index (χ4n) is 1.22. The van der Waals surface area contributed by atoms with Crippen LogP contribution in [0.4, 0.5) is 0 Å². The summed E-state index contributed by atoms with van der Waals surface area (Å²) >= 11 is 0. The van der Waals surface area contributed by atoms with Crippen molar-refractivity contribution in [2.75, 3.05) is 7.11 Å². The first kappa shape index (κ1) is 5.70. The smallest absolute Gasteiger partial charge is 0.379 e. The maximum atomic E-state index is 11.8. The molecule has 2 aromatic rings. The van der Waals surface area contributed by atoms with Crippen molar-refractivity contribution in [1.82, 2.24) is 4.98 Å². The van der Waals surface area contributed by atoms with E-state index < -0.39 is 23.8 Å². The van der Waals surface area contributed by atoms with Gasteiger partial charge in [-0.25, -0.2) is 4.79 Å². The average molecular weight is 207 g/mol. The number of Topliss-reactive ketones (excluding diaryl/α,β-unsaturated/α-hetero) is 1. The standard InChI is InChI=1S/C11H9NO3/c1-15-11(14)10(13)8-6-12-9-5-3-2-4-7(8)9/h2-6,12H,1H3/i2D,3D,4D,5D. The number of ether oxygens (including phenoxy) is 1. The largest absolute Gasteiger partial charge is 0.463 e. The van der Waals surface area contributed by atoms with E-state index in [-0.39, 0.29) is 28.6 Å². The SMILES string of the molecule is [2H]c1c([2H])c([2H])c2c(C(=O)C(=O)OC)c[nH]c2c1[2H]. The molecule has 15 heavy (non-hydrogen) atoms. The zero-order valence-corrected chi connectivity index (χ0v) is 7.80. The van der Waals surface area contributed by atoms with Crippen molar-refractivity contribution in [3.63, 3.8) is 0 Å². The van der Waals surface area contributed by atoms with Gasteiger partial charge in [0, 0.05) is 17.1 Å². The van der Waals surface area contributed by atoms with E-state index in [1.54, 1.807) is 0 Å². The molecule has 1 aromatic heterocycles. The Bertz CT molecular complexity index is 708. The highest BCUT2D eigenvalue weighted by molar-refractivity contribution is 6.42. The molecule has 0 radical (unpaired) electrons. The maximum Gasteiger partial charge on any atom is 0.379 e. The predicted molar refractivity (Wildman–Crippen MR) is 54.6 cm³/mol. The molecule has 0 atom stereocenters. The summed E-state index contributed by atoms with van der Waals surface area (Å²) < 4.78 is 34.8. The van der Waals surface area contributed by atoms with Gasteiger partial charge in [-0.1, -0.05) is 18.1 Å². The van der Waals surface area contributed by atoms with Crippen LogP contribution in [0.25, 0.3) is 10.9 Å². The highest BCUT2D eigenvalue weighted by Gasteiger charge is 2.19. The van der Waals surface area contributed by atoms with Gasteiger partial charge >= 0.3 is 5.97 Å². The van der Waals surface area contributed by atoms with Gasteiger partial charge in [-0.05, 0) is 6.04 Å². The van der Waals surface area contributed by atoms with Gasteiger partial charge in [0.1, 0.15) is 0 Å². The minimum Gasteiger partial charge on any atom is -0.463 e. The number of hydrogen-bond donors (Lipinski definition) is 1. The Kier molecular flexibility index (Phi) is 1.36. The summed E-state index contributed by atoms with van der Waals surface area (Å²) in [5.41, 5.74) is -0.0490. The molecule has 0 unspecified atom stereocenters. The van der Waals surface area contributed by atoms with E-state index in [9.17, 15) is 9.59 Å². The average Bonchev–Trinajstić information content (AvgIpc) is 2.85. The lowest BCUT2D eigenvalue weighted by Crippen LogP contribution is -2.15. The molecule has 4 nitrogen and oxygen atoms in total. The molecule has 4 heteroatoms. The highest BCUT2D eigenvalue weighted by Crippen LogP contribution is 2.18. The van der Waals surface area contributed by atoms with Gasteiger partial charge in [0.15, 0.2) is 0 Å². The number of nitrogens with one attached hydrogen (secondary N) is 1. The van der Waals surface area contributed by atoms with Crippen molar-refractivity contribution in [2.24, 2.45) is 0 Å². The Morgan fingerprint density at radius 1 is 1.40 bits per heavy atom. The number of carbonyl (C=O) groups is 2. The quantitative estimate of drug-likeness (QED) is 0.461. The van der Waals surface area contributed by atoms with Gasteiger partial charge in [-0.2, -0.15) is 0 Å². The van der Waals surface area contributed by atoms with Crippen molar-refractivity contribution in [3.8, 4) is 0 Å². The second-order valence-corrected chi connectivity index (χ2v) is 2.77. The van der Waals surface area contributed by atoms with Gasteiger partial charge in [-0.15, -0.1) is 0 Å². The summed E-state index contributed by atoms with van der Waals surface area (Å²) in [4.78, 5) is 25.6. The molecule has 1 N–H and O–H groups in total. The van der Waals surface area contributed by atoms with Gasteiger partial charge in [0.05, 0.1) is 18.2 Å². The monoisotopic (exact) mass is 207 g/mol. The minimum atomic E-state index is -1.09. The summed E-state index contributed by atoms with van der Waals surface area (Å²) in [7, 11) is 1.06. The molecule has 0 aliphatic heterocycles. The normalized spacial score (nSPS) is 13.9. The number of H-pyrrole nitrogens is 1. The van der Waals surface area contributed by atoms with Crippen LogP contribution < -0.4 is 0 Å². The van der Waals surface area contributed by atoms with Crippen LogP contribution in [0.1, 0.15) is 15.8 Å². The van der Waals surface area contributed by atoms with E-state index in [0.717, 1.165) is 7.11 Å². The van der Waals surface area contributed by atoms with Crippen molar-refractivity contribution in [3.05, 3.63) is 35.9 Å². The third-order valence-electron chi connectivity index (χ3n) is 1.93. The van der Waals surface area contributed by atoms with Crippen molar-refractivity contribution < 1.29 is 19.8 Å². The molecule has 0 aliphatic carbocycles. The zero-order chi connectivity index (χ0) is 14.3. The molecule has 0 saturated carbocycles. The lowest BCUT2D eigenvalue weighted by Gasteiger charge is -1.96. The summed E-state index contributed by atoms with van der Waals surface area (Å²) in [6.07, 6.45) is 1.18. The van der Waals surface area contributed by atoms with Gasteiger partial charge in [-0.3, -0.25) is 4.79 Å². The Hall–Kier alpha value is -2.10. The molecule has 0 fully saturated rings. The molecule has 0 saturated heterocycles. The van der Waals surface area contributed by atoms with Crippen LogP contribution in [0.3, 0.4) is 0 Å². The van der Waals surface area contributed by atoms with Crippen molar-refractivity contribution in [1.29, 1.82) is 0 Å². The summed E-state index contributed by atoms with van der Waals surface area (Å²) in [5, 5.41) is -0.0126. The van der Waals surface area contributed by atoms with Gasteiger partial charge < -0.3 is 9.72 Å². The van der Waals surface area contributed by atoms with Gasteiger partial charge in [0.25, 0.3) is 5.78 Å². The second kappa shape index (κ2) is 3.57. The first-order valence-corrected chi connectivity index (χ1v) is 4.10. The Morgan fingerprint density at radius 3 is 2.87 bits per heavy atom. The number of ketones is 1. The first-order valence-electron chi connectivity index (χ1n) is 6.10. The number of carbonyl (C=O) groups excluding carboxylic acids is 2. The van der Waals surface area contributed by atoms with E-state index in [1.165, 1.54) is 6.20 Å². The molecular weight excluding hydrogens is 194 g/mol. The predicted octanol–water partition coefficient (Wildman–Crippen LogP) is 1.52. The minimum absolute atomic E-state index is 0.0126. The first-order chi connectivity index (χ1) is 8.90. The van der Waals surface area contributed by atoms with E-state index in [0.29, 0.717) is 0 Å². The van der Waals surface area contributed by atoms with E-state index in [4.69, 9.17) is 5.48 Å². The summed E-state index contributed by atoms with van der Waals surface area (Å²) in [6.45, 7) is 0. The number of rotatable bonds is 2. The van der Waals surface area contributed by atoms with E-state index in [1.807, 2.05) is 0 Å². The number of esters is 1. The highest BCUT2D eigenvalue weighted by atomic mass is 16.5. The molecule has 0 amide bonds. The fourth-order valence-corrected chi connectivity index (χ4v) is 1.22.